The summed E-state index contributed by atoms with van der Waals surface area (Å²) in [6.07, 6.45) is 1.42. The number of hydrogen-bond donors (Lipinski definition) is 2. The van der Waals surface area contributed by atoms with Gasteiger partial charge in [-0.2, -0.15) is 8.42 Å². The minimum absolute atomic E-state index is 0.334. The standard InChI is InChI=1S/C6H15NO4S/c1-3-5-6(7,4-2)11-12(8,9)10/h3-5,7H2,1-2H3,(H,8,9,10). The first-order chi connectivity index (χ1) is 5.33. The molecular weight excluding hydrogens is 182 g/mol. The molecule has 0 saturated heterocycles. The fourth-order valence-corrected chi connectivity index (χ4v) is 1.53. The van der Waals surface area contributed by atoms with Gasteiger partial charge in [0.05, 0.1) is 0 Å². The average Bonchev–Trinajstić information content (AvgIpc) is 1.84. The van der Waals surface area contributed by atoms with Gasteiger partial charge >= 0.3 is 10.4 Å². The van der Waals surface area contributed by atoms with Crippen LogP contribution < -0.4 is 5.73 Å². The second kappa shape index (κ2) is 4.18. The summed E-state index contributed by atoms with van der Waals surface area (Å²) in [5, 5.41) is 0. The zero-order valence-corrected chi connectivity index (χ0v) is 8.10. The fourth-order valence-electron chi connectivity index (χ4n) is 0.910. The Hall–Kier alpha value is -0.170. The lowest BCUT2D eigenvalue weighted by atomic mass is 10.1. The zero-order chi connectivity index (χ0) is 9.83. The predicted molar refractivity (Wildman–Crippen MR) is 44.8 cm³/mol. The Labute approximate surface area is 72.9 Å². The first-order valence-electron chi connectivity index (χ1n) is 3.80. The van der Waals surface area contributed by atoms with Gasteiger partial charge in [0.2, 0.25) is 0 Å². The summed E-state index contributed by atoms with van der Waals surface area (Å²) >= 11 is 0. The third-order valence-electron chi connectivity index (χ3n) is 1.54. The molecule has 0 amide bonds. The zero-order valence-electron chi connectivity index (χ0n) is 7.28. The van der Waals surface area contributed by atoms with Crippen LogP contribution in [0.4, 0.5) is 0 Å². The second-order valence-corrected chi connectivity index (χ2v) is 3.70. The highest BCUT2D eigenvalue weighted by Crippen LogP contribution is 2.17. The van der Waals surface area contributed by atoms with Crippen molar-refractivity contribution in [1.29, 1.82) is 0 Å². The minimum Gasteiger partial charge on any atom is -0.302 e. The van der Waals surface area contributed by atoms with Crippen LogP contribution in [0.3, 0.4) is 0 Å². The second-order valence-electron chi connectivity index (χ2n) is 2.68. The van der Waals surface area contributed by atoms with Crippen LogP contribution in [0.5, 0.6) is 0 Å². The van der Waals surface area contributed by atoms with Crippen molar-refractivity contribution in [2.75, 3.05) is 0 Å². The first kappa shape index (κ1) is 11.8. The van der Waals surface area contributed by atoms with E-state index in [-0.39, 0.29) is 0 Å². The van der Waals surface area contributed by atoms with Crippen LogP contribution in [0.15, 0.2) is 0 Å². The molecule has 0 fully saturated rings. The van der Waals surface area contributed by atoms with Gasteiger partial charge in [-0.05, 0) is 12.8 Å². The van der Waals surface area contributed by atoms with E-state index in [0.717, 1.165) is 0 Å². The maximum atomic E-state index is 10.3. The molecule has 5 nitrogen and oxygen atoms in total. The summed E-state index contributed by atoms with van der Waals surface area (Å²) in [5.41, 5.74) is 4.27. The van der Waals surface area contributed by atoms with Crippen LogP contribution in [0.2, 0.25) is 0 Å². The van der Waals surface area contributed by atoms with E-state index in [0.29, 0.717) is 19.3 Å². The smallest absolute Gasteiger partial charge is 0.302 e. The fraction of sp³-hybridized carbons (Fsp3) is 1.00. The lowest BCUT2D eigenvalue weighted by molar-refractivity contribution is 0.0550. The van der Waals surface area contributed by atoms with E-state index in [9.17, 15) is 8.42 Å². The van der Waals surface area contributed by atoms with Crippen molar-refractivity contribution in [3.63, 3.8) is 0 Å². The summed E-state index contributed by atoms with van der Waals surface area (Å²) in [6, 6.07) is 0. The van der Waals surface area contributed by atoms with Crippen molar-refractivity contribution in [2.45, 2.75) is 38.8 Å². The molecular formula is C6H15NO4S. The molecule has 0 bridgehead atoms. The number of hydrogen-bond acceptors (Lipinski definition) is 4. The van der Waals surface area contributed by atoms with E-state index in [1.165, 1.54) is 0 Å². The van der Waals surface area contributed by atoms with Crippen LogP contribution in [-0.4, -0.2) is 18.7 Å². The number of rotatable bonds is 5. The van der Waals surface area contributed by atoms with Crippen molar-refractivity contribution < 1.29 is 17.2 Å². The molecule has 0 rings (SSSR count). The summed E-state index contributed by atoms with van der Waals surface area (Å²) in [7, 11) is -4.44. The van der Waals surface area contributed by atoms with E-state index in [2.05, 4.69) is 4.18 Å². The third-order valence-corrected chi connectivity index (χ3v) is 2.09. The molecule has 74 valence electrons. The molecule has 0 aromatic carbocycles. The molecule has 0 aliphatic rings. The predicted octanol–water partition coefficient (Wildman–Crippen LogP) is 0.671. The van der Waals surface area contributed by atoms with Gasteiger partial charge in [0.25, 0.3) is 0 Å². The molecule has 0 aromatic heterocycles. The Balaban J connectivity index is 4.34. The monoisotopic (exact) mass is 197 g/mol. The van der Waals surface area contributed by atoms with Gasteiger partial charge in [0.15, 0.2) is 0 Å². The highest BCUT2D eigenvalue weighted by Gasteiger charge is 2.28. The Bertz CT molecular complexity index is 226. The molecule has 0 aliphatic heterocycles. The average molecular weight is 197 g/mol. The topological polar surface area (TPSA) is 89.6 Å². The van der Waals surface area contributed by atoms with Crippen molar-refractivity contribution >= 4 is 10.4 Å². The van der Waals surface area contributed by atoms with Crippen LogP contribution in [0, 0.1) is 0 Å². The van der Waals surface area contributed by atoms with E-state index >= 15 is 0 Å². The van der Waals surface area contributed by atoms with E-state index in [1.807, 2.05) is 6.92 Å². The first-order valence-corrected chi connectivity index (χ1v) is 5.16. The van der Waals surface area contributed by atoms with Crippen LogP contribution in [0.25, 0.3) is 0 Å². The maximum Gasteiger partial charge on any atom is 0.399 e. The largest absolute Gasteiger partial charge is 0.399 e. The lowest BCUT2D eigenvalue weighted by Crippen LogP contribution is -2.43. The molecule has 12 heavy (non-hydrogen) atoms. The quantitative estimate of drug-likeness (QED) is 0.499. The summed E-state index contributed by atoms with van der Waals surface area (Å²) < 4.78 is 33.4. The minimum atomic E-state index is -4.44. The van der Waals surface area contributed by atoms with Gasteiger partial charge in [0.1, 0.15) is 5.72 Å². The van der Waals surface area contributed by atoms with Crippen molar-refractivity contribution in [1.82, 2.24) is 0 Å². The van der Waals surface area contributed by atoms with E-state index in [4.69, 9.17) is 10.3 Å². The SMILES string of the molecule is CCCC(N)(CC)OS(=O)(=O)O. The van der Waals surface area contributed by atoms with E-state index in [1.54, 1.807) is 6.92 Å². The molecule has 3 N–H and O–H groups in total. The van der Waals surface area contributed by atoms with Crippen LogP contribution in [-0.2, 0) is 14.6 Å². The molecule has 1 atom stereocenters. The molecule has 0 aliphatic carbocycles. The van der Waals surface area contributed by atoms with Crippen molar-refractivity contribution in [3.05, 3.63) is 0 Å². The van der Waals surface area contributed by atoms with Gasteiger partial charge < -0.3 is 5.73 Å². The Morgan fingerprint density at radius 3 is 2.25 bits per heavy atom. The molecule has 1 unspecified atom stereocenters. The Morgan fingerprint density at radius 2 is 2.00 bits per heavy atom. The number of nitrogens with two attached hydrogens (primary N) is 1. The normalized spacial score (nSPS) is 17.3. The van der Waals surface area contributed by atoms with Gasteiger partial charge in [-0.25, -0.2) is 4.18 Å². The molecule has 0 saturated carbocycles. The van der Waals surface area contributed by atoms with Gasteiger partial charge in [0, 0.05) is 0 Å². The summed E-state index contributed by atoms with van der Waals surface area (Å²) in [6.45, 7) is 3.55. The summed E-state index contributed by atoms with van der Waals surface area (Å²) in [5.74, 6) is 0. The highest BCUT2D eigenvalue weighted by atomic mass is 32.3. The van der Waals surface area contributed by atoms with Gasteiger partial charge in [-0.1, -0.05) is 20.3 Å². The van der Waals surface area contributed by atoms with E-state index < -0.39 is 16.1 Å². The summed E-state index contributed by atoms with van der Waals surface area (Å²) in [4.78, 5) is 0. The van der Waals surface area contributed by atoms with Gasteiger partial charge in [-0.3, -0.25) is 4.55 Å². The Morgan fingerprint density at radius 1 is 1.50 bits per heavy atom. The van der Waals surface area contributed by atoms with Crippen LogP contribution >= 0.6 is 0 Å². The van der Waals surface area contributed by atoms with Gasteiger partial charge in [-0.15, -0.1) is 0 Å². The molecule has 0 aromatic rings. The Kier molecular flexibility index (Phi) is 4.12. The highest BCUT2D eigenvalue weighted by molar-refractivity contribution is 7.80. The van der Waals surface area contributed by atoms with Crippen molar-refractivity contribution in [2.24, 2.45) is 5.73 Å². The maximum absolute atomic E-state index is 10.3. The van der Waals surface area contributed by atoms with Crippen LogP contribution in [0.1, 0.15) is 33.1 Å². The van der Waals surface area contributed by atoms with Crippen molar-refractivity contribution in [3.8, 4) is 0 Å². The third kappa shape index (κ3) is 4.66. The molecule has 0 spiro atoms. The molecule has 0 radical (unpaired) electrons. The molecule has 0 heterocycles. The molecule has 6 heteroatoms. The lowest BCUT2D eigenvalue weighted by Gasteiger charge is -2.25.